The van der Waals surface area contributed by atoms with Gasteiger partial charge in [-0.1, -0.05) is 0 Å². The Balaban J connectivity index is 2.25. The van der Waals surface area contributed by atoms with Crippen molar-refractivity contribution in [2.24, 2.45) is 5.73 Å². The summed E-state index contributed by atoms with van der Waals surface area (Å²) in [6, 6.07) is 1.22. The summed E-state index contributed by atoms with van der Waals surface area (Å²) in [6.45, 7) is 0. The van der Waals surface area contributed by atoms with Gasteiger partial charge in [-0.3, -0.25) is 10.1 Å². The predicted octanol–water partition coefficient (Wildman–Crippen LogP) is 2.13. The lowest BCUT2D eigenvalue weighted by Gasteiger charge is -2.13. The highest BCUT2D eigenvalue weighted by Crippen LogP contribution is 2.32. The van der Waals surface area contributed by atoms with Crippen molar-refractivity contribution in [3.05, 3.63) is 33.9 Å². The molecule has 0 aromatic heterocycles. The van der Waals surface area contributed by atoms with E-state index in [1.165, 1.54) is 0 Å². The lowest BCUT2D eigenvalue weighted by atomic mass is 10.2. The zero-order chi connectivity index (χ0) is 13.3. The maximum absolute atomic E-state index is 13.1. The minimum atomic E-state index is -1.27. The fourth-order valence-corrected chi connectivity index (χ4v) is 2.02. The predicted molar refractivity (Wildman–Crippen MR) is 59.3 cm³/mol. The normalized spacial score (nSPS) is 23.1. The number of hydrogen-bond acceptors (Lipinski definition) is 4. The van der Waals surface area contributed by atoms with Crippen LogP contribution in [-0.4, -0.2) is 17.1 Å². The van der Waals surface area contributed by atoms with Crippen LogP contribution in [-0.2, 0) is 0 Å². The van der Waals surface area contributed by atoms with E-state index in [1.54, 1.807) is 0 Å². The molecule has 1 saturated carbocycles. The maximum atomic E-state index is 13.1. The Morgan fingerprint density at radius 2 is 2.00 bits per heavy atom. The number of nitro groups is 1. The Bertz CT molecular complexity index is 482. The molecular weight excluding hydrogens is 246 g/mol. The topological polar surface area (TPSA) is 78.4 Å². The Morgan fingerprint density at radius 3 is 2.56 bits per heavy atom. The molecule has 2 rings (SSSR count). The summed E-state index contributed by atoms with van der Waals surface area (Å²) >= 11 is 0. The molecule has 1 aromatic carbocycles. The molecule has 98 valence electrons. The number of nitrogens with zero attached hydrogens (tertiary/aromatic N) is 1. The third-order valence-corrected chi connectivity index (χ3v) is 2.92. The van der Waals surface area contributed by atoms with Crippen molar-refractivity contribution < 1.29 is 18.4 Å². The molecule has 2 N–H and O–H groups in total. The minimum Gasteiger partial charge on any atom is -0.483 e. The van der Waals surface area contributed by atoms with E-state index in [2.05, 4.69) is 0 Å². The standard InChI is InChI=1S/C11H12F2N2O3/c12-8-4-10(15(16)17)11(5-9(8)13)18-7-2-1-6(14)3-7/h4-7H,1-3,14H2. The van der Waals surface area contributed by atoms with Crippen molar-refractivity contribution >= 4 is 5.69 Å². The van der Waals surface area contributed by atoms with E-state index < -0.39 is 22.2 Å². The lowest BCUT2D eigenvalue weighted by Crippen LogP contribution is -2.19. The smallest absolute Gasteiger partial charge is 0.314 e. The second kappa shape index (κ2) is 4.85. The summed E-state index contributed by atoms with van der Waals surface area (Å²) in [5.74, 6) is -2.69. The number of nitro benzene ring substituents is 1. The van der Waals surface area contributed by atoms with Gasteiger partial charge in [0.1, 0.15) is 6.10 Å². The largest absolute Gasteiger partial charge is 0.483 e. The molecule has 1 aromatic rings. The summed E-state index contributed by atoms with van der Waals surface area (Å²) in [5, 5.41) is 10.7. The molecule has 0 radical (unpaired) electrons. The molecule has 0 saturated heterocycles. The monoisotopic (exact) mass is 258 g/mol. The van der Waals surface area contributed by atoms with E-state index in [9.17, 15) is 18.9 Å². The zero-order valence-electron chi connectivity index (χ0n) is 9.44. The Kier molecular flexibility index (Phi) is 3.42. The molecule has 0 aliphatic heterocycles. The first kappa shape index (κ1) is 12.7. The first-order chi connectivity index (χ1) is 8.47. The van der Waals surface area contributed by atoms with Gasteiger partial charge in [0.25, 0.3) is 0 Å². The van der Waals surface area contributed by atoms with Crippen molar-refractivity contribution in [2.75, 3.05) is 0 Å². The molecule has 0 amide bonds. The van der Waals surface area contributed by atoms with Crippen LogP contribution in [0.5, 0.6) is 5.75 Å². The highest BCUT2D eigenvalue weighted by Gasteiger charge is 2.27. The first-order valence-electron chi connectivity index (χ1n) is 5.53. The van der Waals surface area contributed by atoms with Crippen molar-refractivity contribution in [2.45, 2.75) is 31.4 Å². The Labute approximate surface area is 102 Å². The zero-order valence-corrected chi connectivity index (χ0v) is 9.44. The molecule has 1 fully saturated rings. The average Bonchev–Trinajstić information content (AvgIpc) is 2.68. The summed E-state index contributed by atoms with van der Waals surface area (Å²) in [5.41, 5.74) is 5.11. The van der Waals surface area contributed by atoms with E-state index in [0.29, 0.717) is 25.0 Å². The quantitative estimate of drug-likeness (QED) is 0.665. The van der Waals surface area contributed by atoms with Crippen LogP contribution in [0.4, 0.5) is 14.5 Å². The van der Waals surface area contributed by atoms with Crippen LogP contribution in [0.2, 0.25) is 0 Å². The van der Waals surface area contributed by atoms with Gasteiger partial charge in [-0.2, -0.15) is 0 Å². The second-order valence-electron chi connectivity index (χ2n) is 4.30. The van der Waals surface area contributed by atoms with Crippen LogP contribution in [0.1, 0.15) is 19.3 Å². The summed E-state index contributed by atoms with van der Waals surface area (Å²) in [4.78, 5) is 9.94. The molecule has 5 nitrogen and oxygen atoms in total. The van der Waals surface area contributed by atoms with Gasteiger partial charge >= 0.3 is 5.69 Å². The Morgan fingerprint density at radius 1 is 1.33 bits per heavy atom. The van der Waals surface area contributed by atoms with Gasteiger partial charge in [0, 0.05) is 12.1 Å². The summed E-state index contributed by atoms with van der Waals surface area (Å²) in [6.07, 6.45) is 1.67. The van der Waals surface area contributed by atoms with Crippen LogP contribution in [0.25, 0.3) is 0 Å². The van der Waals surface area contributed by atoms with Gasteiger partial charge < -0.3 is 10.5 Å². The van der Waals surface area contributed by atoms with Gasteiger partial charge in [0.15, 0.2) is 11.6 Å². The van der Waals surface area contributed by atoms with Gasteiger partial charge in [-0.05, 0) is 19.3 Å². The van der Waals surface area contributed by atoms with Gasteiger partial charge in [-0.15, -0.1) is 0 Å². The number of rotatable bonds is 3. The molecular formula is C11H12F2N2O3. The summed E-state index contributed by atoms with van der Waals surface area (Å²) in [7, 11) is 0. The molecule has 1 aliphatic carbocycles. The van der Waals surface area contributed by atoms with Crippen LogP contribution >= 0.6 is 0 Å². The fourth-order valence-electron chi connectivity index (χ4n) is 2.02. The van der Waals surface area contributed by atoms with Crippen LogP contribution < -0.4 is 10.5 Å². The van der Waals surface area contributed by atoms with Gasteiger partial charge in [0.2, 0.25) is 5.75 Å². The van der Waals surface area contributed by atoms with Gasteiger partial charge in [0.05, 0.1) is 11.0 Å². The van der Waals surface area contributed by atoms with Crippen molar-refractivity contribution in [1.82, 2.24) is 0 Å². The van der Waals surface area contributed by atoms with E-state index in [1.807, 2.05) is 0 Å². The number of ether oxygens (including phenoxy) is 1. The van der Waals surface area contributed by atoms with Crippen molar-refractivity contribution in [3.63, 3.8) is 0 Å². The average molecular weight is 258 g/mol. The molecule has 0 heterocycles. The molecule has 0 bridgehead atoms. The molecule has 2 unspecified atom stereocenters. The van der Waals surface area contributed by atoms with Crippen molar-refractivity contribution in [3.8, 4) is 5.75 Å². The van der Waals surface area contributed by atoms with Gasteiger partial charge in [-0.25, -0.2) is 8.78 Å². The van der Waals surface area contributed by atoms with Crippen LogP contribution in [0.3, 0.4) is 0 Å². The number of hydrogen-bond donors (Lipinski definition) is 1. The van der Waals surface area contributed by atoms with E-state index >= 15 is 0 Å². The van der Waals surface area contributed by atoms with Crippen molar-refractivity contribution in [1.29, 1.82) is 0 Å². The Hall–Kier alpha value is -1.76. The highest BCUT2D eigenvalue weighted by molar-refractivity contribution is 5.47. The number of benzene rings is 1. The fraction of sp³-hybridized carbons (Fsp3) is 0.455. The molecule has 1 aliphatic rings. The SMILES string of the molecule is NC1CCC(Oc2cc(F)c(F)cc2[N+](=O)[O-])C1. The van der Waals surface area contributed by atoms with E-state index in [4.69, 9.17) is 10.5 Å². The number of nitrogens with two attached hydrogens (primary N) is 1. The first-order valence-corrected chi connectivity index (χ1v) is 5.53. The highest BCUT2D eigenvalue weighted by atomic mass is 19.2. The summed E-state index contributed by atoms with van der Waals surface area (Å²) < 4.78 is 31.4. The molecule has 0 spiro atoms. The molecule has 2 atom stereocenters. The van der Waals surface area contributed by atoms with Crippen LogP contribution in [0.15, 0.2) is 12.1 Å². The minimum absolute atomic E-state index is 0.0145. The third-order valence-electron chi connectivity index (χ3n) is 2.92. The van der Waals surface area contributed by atoms with Crippen LogP contribution in [0, 0.1) is 21.7 Å². The third kappa shape index (κ3) is 2.56. The lowest BCUT2D eigenvalue weighted by molar-refractivity contribution is -0.386. The van der Waals surface area contributed by atoms with E-state index in [-0.39, 0.29) is 17.9 Å². The number of halogens is 2. The maximum Gasteiger partial charge on any atom is 0.314 e. The van der Waals surface area contributed by atoms with E-state index in [0.717, 1.165) is 6.42 Å². The second-order valence-corrected chi connectivity index (χ2v) is 4.30. The molecule has 18 heavy (non-hydrogen) atoms. The molecule has 7 heteroatoms.